The van der Waals surface area contributed by atoms with E-state index in [1.54, 1.807) is 0 Å². The van der Waals surface area contributed by atoms with Gasteiger partial charge in [0.25, 0.3) is 0 Å². The summed E-state index contributed by atoms with van der Waals surface area (Å²) < 4.78 is 0. The van der Waals surface area contributed by atoms with Crippen LogP contribution in [0.3, 0.4) is 0 Å². The smallest absolute Gasteiger partial charge is 0.243 e. The molecule has 2 aromatic carbocycles. The van der Waals surface area contributed by atoms with Gasteiger partial charge in [-0.3, -0.25) is 4.79 Å². The summed E-state index contributed by atoms with van der Waals surface area (Å²) in [6, 6.07) is 13.3. The number of benzene rings is 2. The molecular weight excluding hydrogens is 272 g/mol. The van der Waals surface area contributed by atoms with E-state index in [1.165, 1.54) is 0 Å². The number of hydrogen-bond acceptors (Lipinski definition) is 2. The molecule has 0 aliphatic carbocycles. The van der Waals surface area contributed by atoms with Gasteiger partial charge in [-0.1, -0.05) is 29.8 Å². The van der Waals surface area contributed by atoms with Crippen molar-refractivity contribution in [2.75, 3.05) is 17.2 Å². The summed E-state index contributed by atoms with van der Waals surface area (Å²) in [6.07, 6.45) is 0. The molecule has 0 saturated heterocycles. The van der Waals surface area contributed by atoms with E-state index in [2.05, 4.69) is 10.6 Å². The van der Waals surface area contributed by atoms with Crippen LogP contribution >= 0.6 is 11.6 Å². The Kier molecular flexibility index (Phi) is 4.64. The molecule has 0 bridgehead atoms. The lowest BCUT2D eigenvalue weighted by Gasteiger charge is -2.11. The van der Waals surface area contributed by atoms with E-state index in [9.17, 15) is 4.79 Å². The van der Waals surface area contributed by atoms with Crippen molar-refractivity contribution in [2.24, 2.45) is 0 Å². The highest BCUT2D eigenvalue weighted by Crippen LogP contribution is 2.22. The van der Waals surface area contributed by atoms with Gasteiger partial charge in [0.05, 0.1) is 6.54 Å². The van der Waals surface area contributed by atoms with Crippen molar-refractivity contribution in [3.8, 4) is 0 Å². The number of rotatable bonds is 4. The normalized spacial score (nSPS) is 10.2. The molecule has 1 amide bonds. The first-order valence-electron chi connectivity index (χ1n) is 6.42. The molecule has 0 fully saturated rings. The number of halogens is 1. The average Bonchev–Trinajstić information content (AvgIpc) is 2.40. The molecule has 0 spiro atoms. The summed E-state index contributed by atoms with van der Waals surface area (Å²) >= 11 is 6.04. The second-order valence-corrected chi connectivity index (χ2v) is 5.09. The van der Waals surface area contributed by atoms with Crippen LogP contribution in [0, 0.1) is 13.8 Å². The molecule has 0 unspecified atom stereocenters. The fraction of sp³-hybridized carbons (Fsp3) is 0.188. The third kappa shape index (κ3) is 3.75. The van der Waals surface area contributed by atoms with Crippen LogP contribution in [-0.4, -0.2) is 12.5 Å². The SMILES string of the molecule is Cc1cccc(NC(=O)CNc2cccc(Cl)c2C)c1. The molecule has 0 aliphatic heterocycles. The monoisotopic (exact) mass is 288 g/mol. The summed E-state index contributed by atoms with van der Waals surface area (Å²) in [5.41, 5.74) is 3.73. The quantitative estimate of drug-likeness (QED) is 0.892. The van der Waals surface area contributed by atoms with E-state index >= 15 is 0 Å². The zero-order chi connectivity index (χ0) is 14.5. The third-order valence-corrected chi connectivity index (χ3v) is 3.42. The van der Waals surface area contributed by atoms with Crippen LogP contribution in [0.5, 0.6) is 0 Å². The van der Waals surface area contributed by atoms with E-state index in [1.807, 2.05) is 56.3 Å². The van der Waals surface area contributed by atoms with Gasteiger partial charge in [-0.15, -0.1) is 0 Å². The Morgan fingerprint density at radius 3 is 2.65 bits per heavy atom. The largest absolute Gasteiger partial charge is 0.376 e. The molecule has 3 nitrogen and oxygen atoms in total. The van der Waals surface area contributed by atoms with Crippen LogP contribution < -0.4 is 10.6 Å². The van der Waals surface area contributed by atoms with E-state index in [0.717, 1.165) is 22.5 Å². The predicted molar refractivity (Wildman–Crippen MR) is 84.5 cm³/mol. The second-order valence-electron chi connectivity index (χ2n) is 4.68. The maximum atomic E-state index is 11.9. The van der Waals surface area contributed by atoms with Gasteiger partial charge in [-0.25, -0.2) is 0 Å². The van der Waals surface area contributed by atoms with Crippen molar-refractivity contribution < 1.29 is 4.79 Å². The Balaban J connectivity index is 1.94. The molecule has 0 atom stereocenters. The Labute approximate surface area is 124 Å². The van der Waals surface area contributed by atoms with Gasteiger partial charge in [0, 0.05) is 16.4 Å². The van der Waals surface area contributed by atoms with Crippen LogP contribution in [0.15, 0.2) is 42.5 Å². The molecule has 4 heteroatoms. The summed E-state index contributed by atoms with van der Waals surface area (Å²) in [5, 5.41) is 6.63. The molecule has 0 aromatic heterocycles. The van der Waals surface area contributed by atoms with Gasteiger partial charge in [0.2, 0.25) is 5.91 Å². The van der Waals surface area contributed by atoms with Crippen LogP contribution in [-0.2, 0) is 4.79 Å². The predicted octanol–water partition coefficient (Wildman–Crippen LogP) is 4.01. The first-order valence-corrected chi connectivity index (χ1v) is 6.79. The molecule has 2 aromatic rings. The highest BCUT2D eigenvalue weighted by atomic mass is 35.5. The minimum atomic E-state index is -0.0880. The van der Waals surface area contributed by atoms with Crippen LogP contribution in [0.4, 0.5) is 11.4 Å². The number of aryl methyl sites for hydroxylation is 1. The lowest BCUT2D eigenvalue weighted by atomic mass is 10.2. The van der Waals surface area contributed by atoms with Crippen LogP contribution in [0.2, 0.25) is 5.02 Å². The fourth-order valence-electron chi connectivity index (χ4n) is 1.90. The van der Waals surface area contributed by atoms with Gasteiger partial charge >= 0.3 is 0 Å². The van der Waals surface area contributed by atoms with Crippen LogP contribution in [0.1, 0.15) is 11.1 Å². The van der Waals surface area contributed by atoms with Gasteiger partial charge in [-0.05, 0) is 49.2 Å². The maximum absolute atomic E-state index is 11.9. The first-order chi connectivity index (χ1) is 9.56. The molecule has 20 heavy (non-hydrogen) atoms. The van der Waals surface area contributed by atoms with Crippen molar-refractivity contribution in [1.82, 2.24) is 0 Å². The molecule has 0 aliphatic rings. The van der Waals surface area contributed by atoms with Crippen molar-refractivity contribution >= 4 is 28.9 Å². The van der Waals surface area contributed by atoms with Crippen molar-refractivity contribution in [2.45, 2.75) is 13.8 Å². The van der Waals surface area contributed by atoms with Gasteiger partial charge in [0.15, 0.2) is 0 Å². The second kappa shape index (κ2) is 6.44. The Morgan fingerprint density at radius 1 is 1.15 bits per heavy atom. The number of carbonyl (C=O) groups excluding carboxylic acids is 1. The summed E-state index contributed by atoms with van der Waals surface area (Å²) in [7, 11) is 0. The van der Waals surface area contributed by atoms with Gasteiger partial charge < -0.3 is 10.6 Å². The number of amides is 1. The maximum Gasteiger partial charge on any atom is 0.243 e. The highest BCUT2D eigenvalue weighted by molar-refractivity contribution is 6.31. The molecule has 0 heterocycles. The van der Waals surface area contributed by atoms with Crippen molar-refractivity contribution in [1.29, 1.82) is 0 Å². The molecule has 104 valence electrons. The van der Waals surface area contributed by atoms with Gasteiger partial charge in [0.1, 0.15) is 0 Å². The number of anilines is 2. The van der Waals surface area contributed by atoms with E-state index in [4.69, 9.17) is 11.6 Å². The Morgan fingerprint density at radius 2 is 1.90 bits per heavy atom. The van der Waals surface area contributed by atoms with Crippen LogP contribution in [0.25, 0.3) is 0 Å². The third-order valence-electron chi connectivity index (χ3n) is 3.01. The zero-order valence-corrected chi connectivity index (χ0v) is 12.3. The van der Waals surface area contributed by atoms with E-state index in [-0.39, 0.29) is 12.5 Å². The number of carbonyl (C=O) groups is 1. The lowest BCUT2D eigenvalue weighted by Crippen LogP contribution is -2.22. The van der Waals surface area contributed by atoms with Crippen molar-refractivity contribution in [3.05, 3.63) is 58.6 Å². The first kappa shape index (κ1) is 14.4. The van der Waals surface area contributed by atoms with E-state index < -0.39 is 0 Å². The lowest BCUT2D eigenvalue weighted by molar-refractivity contribution is -0.114. The Hall–Kier alpha value is -2.00. The summed E-state index contributed by atoms with van der Waals surface area (Å²) in [5.74, 6) is -0.0880. The standard InChI is InChI=1S/C16H17ClN2O/c1-11-5-3-6-13(9-11)19-16(20)10-18-15-8-4-7-14(17)12(15)2/h3-9,18H,10H2,1-2H3,(H,19,20). The number of nitrogens with one attached hydrogen (secondary N) is 2. The van der Waals surface area contributed by atoms with E-state index in [0.29, 0.717) is 5.02 Å². The minimum absolute atomic E-state index is 0.0880. The van der Waals surface area contributed by atoms with Gasteiger partial charge in [-0.2, -0.15) is 0 Å². The molecule has 0 radical (unpaired) electrons. The average molecular weight is 289 g/mol. The number of hydrogen-bond donors (Lipinski definition) is 2. The molecule has 0 saturated carbocycles. The topological polar surface area (TPSA) is 41.1 Å². The highest BCUT2D eigenvalue weighted by Gasteiger charge is 2.05. The molecular formula is C16H17ClN2O. The van der Waals surface area contributed by atoms with Crippen molar-refractivity contribution in [3.63, 3.8) is 0 Å². The zero-order valence-electron chi connectivity index (χ0n) is 11.5. The summed E-state index contributed by atoms with van der Waals surface area (Å²) in [6.45, 7) is 4.11. The Bertz CT molecular complexity index is 626. The molecule has 2 rings (SSSR count). The summed E-state index contributed by atoms with van der Waals surface area (Å²) in [4.78, 5) is 11.9. The minimum Gasteiger partial charge on any atom is -0.376 e. The fourth-order valence-corrected chi connectivity index (χ4v) is 2.08. The molecule has 2 N–H and O–H groups in total.